The quantitative estimate of drug-likeness (QED) is 0.152. The van der Waals surface area contributed by atoms with Crippen LogP contribution in [-0.2, 0) is 21.7 Å². The lowest BCUT2D eigenvalue weighted by atomic mass is 9.81. The smallest absolute Gasteiger partial charge is 0.137 e. The zero-order valence-corrected chi connectivity index (χ0v) is 45.5. The number of rotatable bonds is 8. The molecule has 75 heavy (non-hydrogen) atoms. The first-order chi connectivity index (χ1) is 37.8. The van der Waals surface area contributed by atoms with Crippen LogP contribution in [0.15, 0.2) is 194 Å². The summed E-state index contributed by atoms with van der Waals surface area (Å²) < 4.78 is 54.3. The van der Waals surface area contributed by atoms with Crippen LogP contribution in [-0.4, -0.2) is 16.2 Å². The highest BCUT2D eigenvalue weighted by Gasteiger charge is 2.33. The van der Waals surface area contributed by atoms with E-state index in [9.17, 15) is 2.74 Å². The standard InChI is InChI=1S/C70H70N4O/c1-67(2,3)50-31-28-46(29-32-50)48-30-35-61-60(39-48)57-34-33-56(44-64(57)74(61)65-42-52(36-37-71-65)69(7,8)9)75-55-25-19-24-54(43-55)72-45-73(63-27-17-16-26-62(63)72)66-58(47-20-14-13-15-21-47)40-53(70(10,11)12)41-59(66)49-22-18-23-51(38-49)68(4,5)6/h13-44H,45H2,1-12H3/i13D,14D,15D,20D,21D. The summed E-state index contributed by atoms with van der Waals surface area (Å²) in [6, 6.07) is 53.9. The molecule has 5 nitrogen and oxygen atoms in total. The second-order valence-corrected chi connectivity index (χ2v) is 24.3. The van der Waals surface area contributed by atoms with E-state index in [-0.39, 0.29) is 51.4 Å². The van der Waals surface area contributed by atoms with Gasteiger partial charge >= 0.3 is 0 Å². The third-order valence-corrected chi connectivity index (χ3v) is 14.8. The number of ether oxygens (including phenoxy) is 1. The van der Waals surface area contributed by atoms with Crippen molar-refractivity contribution < 1.29 is 11.6 Å². The van der Waals surface area contributed by atoms with Gasteiger partial charge in [0.25, 0.3) is 0 Å². The zero-order valence-electron chi connectivity index (χ0n) is 50.5. The molecule has 5 heteroatoms. The molecule has 2 aromatic heterocycles. The van der Waals surface area contributed by atoms with Crippen molar-refractivity contribution in [2.24, 2.45) is 0 Å². The number of para-hydroxylation sites is 2. The molecule has 11 rings (SSSR count). The van der Waals surface area contributed by atoms with Gasteiger partial charge in [-0.2, -0.15) is 0 Å². The van der Waals surface area contributed by atoms with E-state index in [1.165, 1.54) is 11.1 Å². The Hall–Kier alpha value is -7.89. The van der Waals surface area contributed by atoms with E-state index in [1.54, 1.807) is 0 Å². The molecule has 0 radical (unpaired) electrons. The van der Waals surface area contributed by atoms with Crippen molar-refractivity contribution in [1.29, 1.82) is 0 Å². The molecule has 0 N–H and O–H groups in total. The highest BCUT2D eigenvalue weighted by Crippen LogP contribution is 2.52. The molecular formula is C70H70N4O. The third-order valence-electron chi connectivity index (χ3n) is 14.8. The van der Waals surface area contributed by atoms with Crippen LogP contribution in [0.3, 0.4) is 0 Å². The molecule has 0 amide bonds. The van der Waals surface area contributed by atoms with Gasteiger partial charge < -0.3 is 14.5 Å². The van der Waals surface area contributed by atoms with E-state index in [1.807, 2.05) is 42.6 Å². The van der Waals surface area contributed by atoms with Crippen LogP contribution in [0.5, 0.6) is 11.5 Å². The van der Waals surface area contributed by atoms with Crippen molar-refractivity contribution in [2.45, 2.75) is 105 Å². The lowest BCUT2D eigenvalue weighted by Gasteiger charge is -2.30. The Morgan fingerprint density at radius 1 is 0.440 bits per heavy atom. The van der Waals surface area contributed by atoms with Gasteiger partial charge in [0.2, 0.25) is 0 Å². The molecule has 0 atom stereocenters. The Labute approximate surface area is 452 Å². The van der Waals surface area contributed by atoms with Crippen LogP contribution >= 0.6 is 0 Å². The van der Waals surface area contributed by atoms with Gasteiger partial charge in [-0.1, -0.05) is 186 Å². The highest BCUT2D eigenvalue weighted by atomic mass is 16.5. The summed E-state index contributed by atoms with van der Waals surface area (Å²) in [4.78, 5) is 9.48. The molecule has 0 fully saturated rings. The number of aromatic nitrogens is 2. The summed E-state index contributed by atoms with van der Waals surface area (Å²) in [6.07, 6.45) is 1.91. The summed E-state index contributed by atoms with van der Waals surface area (Å²) >= 11 is 0. The van der Waals surface area contributed by atoms with E-state index < -0.39 is 6.04 Å². The summed E-state index contributed by atoms with van der Waals surface area (Å²) in [5, 5.41) is 2.22. The third kappa shape index (κ3) is 9.50. The van der Waals surface area contributed by atoms with E-state index >= 15 is 0 Å². The number of anilines is 4. The zero-order chi connectivity index (χ0) is 57.0. The number of benzene rings is 8. The second kappa shape index (κ2) is 18.5. The molecule has 0 aliphatic carbocycles. The number of nitrogens with zero attached hydrogens (tertiary/aromatic N) is 4. The van der Waals surface area contributed by atoms with Crippen molar-refractivity contribution in [3.8, 4) is 50.7 Å². The van der Waals surface area contributed by atoms with Crippen molar-refractivity contribution in [3.05, 3.63) is 216 Å². The average molecular weight is 988 g/mol. The SMILES string of the molecule is [2H]c1c([2H])c([2H])c(-c2cc(C(C)(C)C)cc(-c3cccc(C(C)(C)C)c3)c2N2CN(c3cccc(Oc4ccc5c6cc(-c7ccc(C(C)(C)C)cc7)ccc6n(-c6cc(C(C)(C)C)ccn6)c5c4)c3)c3ccccc32)c([2H])c1[2H]. The molecule has 1 aliphatic heterocycles. The Kier molecular flexibility index (Phi) is 10.7. The first-order valence-corrected chi connectivity index (χ1v) is 26.2. The van der Waals surface area contributed by atoms with Crippen LogP contribution in [0.25, 0.3) is 61.0 Å². The van der Waals surface area contributed by atoms with Crippen LogP contribution in [0.1, 0.15) is 112 Å². The molecule has 3 heterocycles. The van der Waals surface area contributed by atoms with Crippen LogP contribution in [0.4, 0.5) is 22.7 Å². The van der Waals surface area contributed by atoms with Crippen molar-refractivity contribution >= 4 is 44.6 Å². The van der Waals surface area contributed by atoms with Crippen molar-refractivity contribution in [1.82, 2.24) is 9.55 Å². The molecule has 0 spiro atoms. The topological polar surface area (TPSA) is 33.5 Å². The van der Waals surface area contributed by atoms with Crippen molar-refractivity contribution in [3.63, 3.8) is 0 Å². The van der Waals surface area contributed by atoms with E-state index in [4.69, 9.17) is 13.8 Å². The molecule has 10 aromatic rings. The maximum absolute atomic E-state index is 9.39. The van der Waals surface area contributed by atoms with E-state index in [0.717, 1.165) is 83.8 Å². The Bertz CT molecular complexity index is 4050. The van der Waals surface area contributed by atoms with Crippen LogP contribution < -0.4 is 14.5 Å². The van der Waals surface area contributed by atoms with E-state index in [0.29, 0.717) is 23.7 Å². The normalized spacial score (nSPS) is 14.2. The summed E-state index contributed by atoms with van der Waals surface area (Å²) in [7, 11) is 0. The first-order valence-electron chi connectivity index (χ1n) is 28.7. The fourth-order valence-corrected chi connectivity index (χ4v) is 10.4. The van der Waals surface area contributed by atoms with Gasteiger partial charge in [0.15, 0.2) is 0 Å². The van der Waals surface area contributed by atoms with Gasteiger partial charge in [0.1, 0.15) is 24.0 Å². The predicted octanol–water partition coefficient (Wildman–Crippen LogP) is 19.4. The molecule has 1 aliphatic rings. The van der Waals surface area contributed by atoms with Crippen LogP contribution in [0, 0.1) is 0 Å². The second-order valence-electron chi connectivity index (χ2n) is 24.3. The number of pyridine rings is 1. The average Bonchev–Trinajstić information content (AvgIpc) is 3.97. The molecule has 0 unspecified atom stereocenters. The minimum Gasteiger partial charge on any atom is -0.457 e. The number of hydrogen-bond donors (Lipinski definition) is 0. The first kappa shape index (κ1) is 43.5. The Balaban J connectivity index is 1.03. The number of fused-ring (bicyclic) bond motifs is 4. The molecule has 376 valence electrons. The fourth-order valence-electron chi connectivity index (χ4n) is 10.4. The van der Waals surface area contributed by atoms with Crippen molar-refractivity contribution in [2.75, 3.05) is 16.5 Å². The van der Waals surface area contributed by atoms with Crippen LogP contribution in [0.2, 0.25) is 0 Å². The summed E-state index contributed by atoms with van der Waals surface area (Å²) in [5.74, 6) is 2.17. The largest absolute Gasteiger partial charge is 0.457 e. The maximum Gasteiger partial charge on any atom is 0.137 e. The van der Waals surface area contributed by atoms with Gasteiger partial charge in [0.05, 0.1) is 34.9 Å². The minimum absolute atomic E-state index is 0.0591. The molecule has 0 saturated carbocycles. The monoisotopic (exact) mass is 988 g/mol. The highest BCUT2D eigenvalue weighted by molar-refractivity contribution is 6.11. The molecule has 0 bridgehead atoms. The summed E-state index contributed by atoms with van der Waals surface area (Å²) in [5.41, 5.74) is 14.5. The predicted molar refractivity (Wildman–Crippen MR) is 318 cm³/mol. The van der Waals surface area contributed by atoms with Gasteiger partial charge in [-0.15, -0.1) is 0 Å². The molecule has 8 aromatic carbocycles. The van der Waals surface area contributed by atoms with Gasteiger partial charge in [0, 0.05) is 45.9 Å². The minimum atomic E-state index is -0.424. The Morgan fingerprint density at radius 3 is 1.76 bits per heavy atom. The lowest BCUT2D eigenvalue weighted by molar-refractivity contribution is 0.483. The Morgan fingerprint density at radius 2 is 1.07 bits per heavy atom. The van der Waals surface area contributed by atoms with Gasteiger partial charge in [-0.05, 0) is 139 Å². The summed E-state index contributed by atoms with van der Waals surface area (Å²) in [6.45, 7) is 26.8. The van der Waals surface area contributed by atoms with Gasteiger partial charge in [-0.3, -0.25) is 4.57 Å². The molecule has 0 saturated heterocycles. The molecular weight excluding hydrogens is 913 g/mol. The lowest BCUT2D eigenvalue weighted by Crippen LogP contribution is -2.25. The van der Waals surface area contributed by atoms with Gasteiger partial charge in [-0.25, -0.2) is 4.98 Å². The van der Waals surface area contributed by atoms with E-state index in [2.05, 4.69) is 219 Å². The fraction of sp³-hybridized carbons (Fsp3) is 0.243. The maximum atomic E-state index is 9.39. The number of hydrogen-bond acceptors (Lipinski definition) is 4.